The van der Waals surface area contributed by atoms with Crippen LogP contribution in [-0.2, 0) is 16.2 Å². The van der Waals surface area contributed by atoms with Crippen molar-refractivity contribution in [1.82, 2.24) is 4.57 Å². The van der Waals surface area contributed by atoms with Crippen molar-refractivity contribution < 1.29 is 0 Å². The predicted octanol–water partition coefficient (Wildman–Crippen LogP) is 21.8. The molecule has 0 saturated carbocycles. The van der Waals surface area contributed by atoms with Crippen molar-refractivity contribution in [3.8, 4) is 16.8 Å². The number of aryl methyl sites for hydroxylation is 5. The van der Waals surface area contributed by atoms with Crippen LogP contribution in [0.2, 0.25) is 0 Å². The zero-order chi connectivity index (χ0) is 61.7. The average molecular weight is 1170 g/mol. The second-order valence-electron chi connectivity index (χ2n) is 28.6. The molecule has 0 N–H and O–H groups in total. The lowest BCUT2D eigenvalue weighted by molar-refractivity contribution is 0.589. The van der Waals surface area contributed by atoms with Crippen LogP contribution in [0.4, 0.5) is 51.2 Å². The first-order chi connectivity index (χ1) is 42.6. The topological polar surface area (TPSA) is 14.7 Å². The van der Waals surface area contributed by atoms with E-state index in [1.165, 1.54) is 148 Å². The van der Waals surface area contributed by atoms with Crippen LogP contribution >= 0.6 is 11.3 Å². The normalized spacial score (nSPS) is 13.2. The van der Waals surface area contributed by atoms with Crippen LogP contribution in [0.15, 0.2) is 212 Å². The third-order valence-electron chi connectivity index (χ3n) is 19.3. The van der Waals surface area contributed by atoms with Crippen LogP contribution in [0.25, 0.3) is 58.8 Å². The minimum atomic E-state index is -0.0917. The fourth-order valence-electron chi connectivity index (χ4n) is 14.9. The van der Waals surface area contributed by atoms with Gasteiger partial charge in [0.05, 0.1) is 22.4 Å². The molecule has 6 heteroatoms. The van der Waals surface area contributed by atoms with Gasteiger partial charge in [-0.15, -0.1) is 11.3 Å². The molecule has 0 saturated heterocycles. The van der Waals surface area contributed by atoms with Gasteiger partial charge in [0.25, 0.3) is 6.71 Å². The van der Waals surface area contributed by atoms with Crippen LogP contribution in [0.5, 0.6) is 0 Å². The Kier molecular flexibility index (Phi) is 13.0. The van der Waals surface area contributed by atoms with E-state index in [-0.39, 0.29) is 23.0 Å². The number of fused-ring (bicyclic) bond motifs is 10. The smallest absolute Gasteiger partial charge is 0.252 e. The van der Waals surface area contributed by atoms with E-state index in [0.29, 0.717) is 0 Å². The van der Waals surface area contributed by atoms with Crippen molar-refractivity contribution >= 4 is 128 Å². The molecule has 438 valence electrons. The Labute approximate surface area is 530 Å². The van der Waals surface area contributed by atoms with Crippen molar-refractivity contribution in [3.05, 3.63) is 257 Å². The molecule has 4 heterocycles. The molecule has 0 amide bonds. The number of thiophene rings is 1. The summed E-state index contributed by atoms with van der Waals surface area (Å²) in [5, 5.41) is 5.12. The van der Waals surface area contributed by atoms with Crippen LogP contribution in [0, 0.1) is 34.6 Å². The maximum Gasteiger partial charge on any atom is 0.252 e. The Hall–Kier alpha value is -9.10. The lowest BCUT2D eigenvalue weighted by atomic mass is 9.33. The molecule has 0 radical (unpaired) electrons. The van der Waals surface area contributed by atoms with Gasteiger partial charge < -0.3 is 19.3 Å². The number of anilines is 9. The molecule has 2 aliphatic rings. The van der Waals surface area contributed by atoms with E-state index in [1.807, 2.05) is 11.3 Å². The highest BCUT2D eigenvalue weighted by atomic mass is 32.1. The number of benzene rings is 11. The molecule has 15 rings (SSSR count). The Morgan fingerprint density at radius 1 is 0.393 bits per heavy atom. The van der Waals surface area contributed by atoms with E-state index in [1.54, 1.807) is 0 Å². The first kappa shape index (κ1) is 56.4. The molecule has 2 aromatic heterocycles. The summed E-state index contributed by atoms with van der Waals surface area (Å²) in [5.41, 5.74) is 30.6. The van der Waals surface area contributed by atoms with Crippen LogP contribution in [-0.4, -0.2) is 11.3 Å². The lowest BCUT2D eigenvalue weighted by Gasteiger charge is -2.45. The minimum Gasteiger partial charge on any atom is -0.311 e. The van der Waals surface area contributed by atoms with E-state index < -0.39 is 0 Å². The molecule has 11 aromatic carbocycles. The maximum atomic E-state index is 2.64. The second-order valence-corrected chi connectivity index (χ2v) is 29.6. The molecule has 0 aliphatic carbocycles. The SMILES string of the molecule is Cc1cc2c3c(c1)N(c1c(C)cc(-c4cccc5c4sc4ccccc45)cc1C)c1ccc(C(C)(C)C)cc1B3c1ccc(N(c3ccc4c5ccccc5n(-c5ccccc5)c4c3)c3c(C)cc(C(C)(C)C)cc3C)cc1N2c1ccc(C(C)(C)C)cc1. The van der Waals surface area contributed by atoms with Gasteiger partial charge in [0.15, 0.2) is 0 Å². The van der Waals surface area contributed by atoms with Gasteiger partial charge in [-0.3, -0.25) is 0 Å². The molecule has 0 unspecified atom stereocenters. The average Bonchev–Trinajstić information content (AvgIpc) is 1.39. The summed E-state index contributed by atoms with van der Waals surface area (Å²) in [6.07, 6.45) is 0. The molecule has 0 fully saturated rings. The summed E-state index contributed by atoms with van der Waals surface area (Å²) >= 11 is 1.90. The number of hydrogen-bond acceptors (Lipinski definition) is 4. The van der Waals surface area contributed by atoms with Crippen molar-refractivity contribution in [2.24, 2.45) is 0 Å². The van der Waals surface area contributed by atoms with Gasteiger partial charge in [0.1, 0.15) is 0 Å². The van der Waals surface area contributed by atoms with Crippen molar-refractivity contribution in [2.75, 3.05) is 14.7 Å². The van der Waals surface area contributed by atoms with Gasteiger partial charge in [-0.2, -0.15) is 0 Å². The number of aromatic nitrogens is 1. The van der Waals surface area contributed by atoms with E-state index in [2.05, 4.69) is 329 Å². The van der Waals surface area contributed by atoms with Gasteiger partial charge in [-0.1, -0.05) is 184 Å². The first-order valence-corrected chi connectivity index (χ1v) is 32.6. The van der Waals surface area contributed by atoms with E-state index in [9.17, 15) is 0 Å². The number of nitrogens with zero attached hydrogens (tertiary/aromatic N) is 4. The minimum absolute atomic E-state index is 0.0180. The third kappa shape index (κ3) is 9.14. The molecule has 2 aliphatic heterocycles. The van der Waals surface area contributed by atoms with Gasteiger partial charge in [0, 0.05) is 76.4 Å². The van der Waals surface area contributed by atoms with E-state index >= 15 is 0 Å². The Bertz CT molecular complexity index is 4990. The molecule has 0 bridgehead atoms. The van der Waals surface area contributed by atoms with Crippen LogP contribution < -0.4 is 31.1 Å². The van der Waals surface area contributed by atoms with Crippen LogP contribution in [0.3, 0.4) is 0 Å². The summed E-state index contributed by atoms with van der Waals surface area (Å²) < 4.78 is 5.11. The fraction of sp³-hybridized carbons (Fsp3) is 0.205. The standard InChI is InChI=1S/C83H77BN4S/c1-50-41-74-77-75(42-50)88(79-51(2)43-55(44-52(79)3)63-27-22-28-67-66-26-19-21-30-76(66)89-80(63)67)71-40-33-57(82(9,10)11)47-69(71)84(77)68-39-37-62(49-73(68)87(74)60-34-31-56(32-35-60)81(6,7)8)85(78-53(4)45-58(46-54(78)5)83(12,13)14)61-36-38-65-64-25-18-20-29-70(64)86(72(65)48-61)59-23-16-15-17-24-59/h15-49H,1-14H3. The van der Waals surface area contributed by atoms with Gasteiger partial charge in [-0.25, -0.2) is 0 Å². The summed E-state index contributed by atoms with van der Waals surface area (Å²) in [7, 11) is 0. The molecule has 13 aromatic rings. The summed E-state index contributed by atoms with van der Waals surface area (Å²) in [6, 6.07) is 81.5. The van der Waals surface area contributed by atoms with Gasteiger partial charge in [0.2, 0.25) is 0 Å². The largest absolute Gasteiger partial charge is 0.311 e. The quantitative estimate of drug-likeness (QED) is 0.148. The van der Waals surface area contributed by atoms with Crippen molar-refractivity contribution in [2.45, 2.75) is 113 Å². The fourth-order valence-corrected chi connectivity index (χ4v) is 16.1. The Morgan fingerprint density at radius 3 is 1.69 bits per heavy atom. The maximum absolute atomic E-state index is 2.64. The molecule has 0 atom stereocenters. The highest BCUT2D eigenvalue weighted by molar-refractivity contribution is 7.26. The molecular weight excluding hydrogens is 1100 g/mol. The first-order valence-electron chi connectivity index (χ1n) is 31.8. The molecular formula is C83H77BN4S. The van der Waals surface area contributed by atoms with E-state index in [0.717, 1.165) is 22.7 Å². The zero-order valence-electron chi connectivity index (χ0n) is 54.0. The Morgan fingerprint density at radius 2 is 0.989 bits per heavy atom. The molecule has 4 nitrogen and oxygen atoms in total. The summed E-state index contributed by atoms with van der Waals surface area (Å²) in [6.45, 7) is 32.5. The highest BCUT2D eigenvalue weighted by Crippen LogP contribution is 2.51. The van der Waals surface area contributed by atoms with Gasteiger partial charge in [-0.05, 0) is 214 Å². The number of rotatable bonds is 7. The molecule has 0 spiro atoms. The second kappa shape index (κ2) is 20.5. The Balaban J connectivity index is 0.983. The third-order valence-corrected chi connectivity index (χ3v) is 20.5. The summed E-state index contributed by atoms with van der Waals surface area (Å²) in [4.78, 5) is 7.81. The van der Waals surface area contributed by atoms with Crippen LogP contribution in [0.1, 0.15) is 107 Å². The number of hydrogen-bond donors (Lipinski definition) is 0. The number of para-hydroxylation sites is 2. The predicted molar refractivity (Wildman–Crippen MR) is 388 cm³/mol. The zero-order valence-corrected chi connectivity index (χ0v) is 54.8. The molecule has 89 heavy (non-hydrogen) atoms. The summed E-state index contributed by atoms with van der Waals surface area (Å²) in [5.74, 6) is 0. The monoisotopic (exact) mass is 1170 g/mol. The highest BCUT2D eigenvalue weighted by Gasteiger charge is 2.45. The van der Waals surface area contributed by atoms with Gasteiger partial charge >= 0.3 is 0 Å². The van der Waals surface area contributed by atoms with Crippen molar-refractivity contribution in [3.63, 3.8) is 0 Å². The van der Waals surface area contributed by atoms with Crippen molar-refractivity contribution in [1.29, 1.82) is 0 Å². The van der Waals surface area contributed by atoms with E-state index in [4.69, 9.17) is 0 Å². The lowest BCUT2D eigenvalue weighted by Crippen LogP contribution is -2.61.